The second kappa shape index (κ2) is 7.57. The fourth-order valence-corrected chi connectivity index (χ4v) is 3.32. The summed E-state index contributed by atoms with van der Waals surface area (Å²) >= 11 is 0. The first-order valence-electron chi connectivity index (χ1n) is 9.22. The molecule has 0 amide bonds. The van der Waals surface area contributed by atoms with Crippen LogP contribution in [-0.2, 0) is 0 Å². The number of aromatic nitrogens is 1. The molecule has 0 aliphatic carbocycles. The normalized spacial score (nSPS) is 10.8. The lowest BCUT2D eigenvalue weighted by atomic mass is 9.96. The van der Waals surface area contributed by atoms with Gasteiger partial charge >= 0.3 is 0 Å². The second-order valence-electron chi connectivity index (χ2n) is 6.86. The van der Waals surface area contributed by atoms with Gasteiger partial charge in [0, 0.05) is 16.5 Å². The van der Waals surface area contributed by atoms with E-state index >= 15 is 0 Å². The third kappa shape index (κ3) is 3.35. The number of ether oxygens (including phenoxy) is 1. The van der Waals surface area contributed by atoms with Gasteiger partial charge in [0.15, 0.2) is 5.43 Å². The highest BCUT2D eigenvalue weighted by atomic mass is 16.5. The molecule has 3 heteroatoms. The molecule has 1 heterocycles. The van der Waals surface area contributed by atoms with Crippen LogP contribution in [-0.4, -0.2) is 11.6 Å². The van der Waals surface area contributed by atoms with Gasteiger partial charge in [-0.3, -0.25) is 4.79 Å². The van der Waals surface area contributed by atoms with Crippen molar-refractivity contribution in [2.75, 3.05) is 6.61 Å². The summed E-state index contributed by atoms with van der Waals surface area (Å²) in [6.07, 6.45) is 0. The Kier molecular flexibility index (Phi) is 4.81. The summed E-state index contributed by atoms with van der Waals surface area (Å²) < 4.78 is 5.97. The molecule has 0 aliphatic rings. The fourth-order valence-electron chi connectivity index (χ4n) is 3.32. The van der Waals surface area contributed by atoms with Crippen molar-refractivity contribution in [3.63, 3.8) is 0 Å². The van der Waals surface area contributed by atoms with Crippen LogP contribution in [0.15, 0.2) is 95.8 Å². The summed E-state index contributed by atoms with van der Waals surface area (Å²) in [5, 5.41) is 0.672. The zero-order valence-electron chi connectivity index (χ0n) is 15.7. The van der Waals surface area contributed by atoms with E-state index in [0.29, 0.717) is 23.3 Å². The van der Waals surface area contributed by atoms with Gasteiger partial charge in [0.05, 0.1) is 11.3 Å². The first-order chi connectivity index (χ1) is 13.6. The fraction of sp³-hybridized carbons (Fsp3) is 0.0800. The smallest absolute Gasteiger partial charge is 0.197 e. The Morgan fingerprint density at radius 1 is 0.929 bits per heavy atom. The molecule has 0 radical (unpaired) electrons. The number of rotatable bonds is 5. The summed E-state index contributed by atoms with van der Waals surface area (Å²) in [6.45, 7) is 6.26. The molecule has 138 valence electrons. The molecule has 0 atom stereocenters. The van der Waals surface area contributed by atoms with Gasteiger partial charge in [-0.05, 0) is 42.3 Å². The summed E-state index contributed by atoms with van der Waals surface area (Å²) in [5.74, 6) is 0.716. The highest BCUT2D eigenvalue weighted by Crippen LogP contribution is 2.35. The van der Waals surface area contributed by atoms with Crippen LogP contribution in [0.3, 0.4) is 0 Å². The van der Waals surface area contributed by atoms with E-state index < -0.39 is 0 Å². The number of fused-ring (bicyclic) bond motifs is 1. The average Bonchev–Trinajstić information content (AvgIpc) is 2.73. The molecule has 1 aromatic heterocycles. The van der Waals surface area contributed by atoms with Gasteiger partial charge < -0.3 is 9.72 Å². The molecule has 0 bridgehead atoms. The first kappa shape index (κ1) is 17.8. The number of hydrogen-bond acceptors (Lipinski definition) is 2. The summed E-state index contributed by atoms with van der Waals surface area (Å²) in [4.78, 5) is 16.9. The Morgan fingerprint density at radius 2 is 1.61 bits per heavy atom. The molecule has 4 aromatic rings. The van der Waals surface area contributed by atoms with E-state index in [1.165, 1.54) is 0 Å². The molecule has 0 spiro atoms. The molecule has 0 aliphatic heterocycles. The monoisotopic (exact) mass is 367 g/mol. The standard InChI is InChI=1S/C25H21NO2/c1-17(2)16-28-22-15-9-7-13-20(22)24-23(18-10-4-3-5-11-18)25(27)19-12-6-8-14-21(19)26-24/h3-15H,1,16H2,2H3,(H,26,27). The van der Waals surface area contributed by atoms with Crippen LogP contribution in [0.5, 0.6) is 5.75 Å². The van der Waals surface area contributed by atoms with Crippen molar-refractivity contribution in [3.05, 3.63) is 101 Å². The summed E-state index contributed by atoms with van der Waals surface area (Å²) in [6, 6.07) is 25.1. The van der Waals surface area contributed by atoms with E-state index in [2.05, 4.69) is 11.6 Å². The van der Waals surface area contributed by atoms with Crippen LogP contribution in [0.25, 0.3) is 33.3 Å². The van der Waals surface area contributed by atoms with E-state index in [0.717, 1.165) is 27.9 Å². The molecule has 3 nitrogen and oxygen atoms in total. The van der Waals surface area contributed by atoms with Crippen molar-refractivity contribution < 1.29 is 4.74 Å². The molecule has 0 fully saturated rings. The Bertz CT molecular complexity index is 1210. The third-order valence-corrected chi connectivity index (χ3v) is 4.60. The lowest BCUT2D eigenvalue weighted by Gasteiger charge is -2.16. The van der Waals surface area contributed by atoms with Crippen LogP contribution < -0.4 is 10.2 Å². The van der Waals surface area contributed by atoms with Crippen molar-refractivity contribution in [2.45, 2.75) is 6.92 Å². The number of pyridine rings is 1. The van der Waals surface area contributed by atoms with Crippen LogP contribution >= 0.6 is 0 Å². The maximum Gasteiger partial charge on any atom is 0.197 e. The Hall–Kier alpha value is -3.59. The lowest BCUT2D eigenvalue weighted by molar-refractivity contribution is 0.354. The summed E-state index contributed by atoms with van der Waals surface area (Å²) in [7, 11) is 0. The lowest BCUT2D eigenvalue weighted by Crippen LogP contribution is -2.10. The van der Waals surface area contributed by atoms with E-state index in [1.807, 2.05) is 85.8 Å². The van der Waals surface area contributed by atoms with Crippen LogP contribution in [0, 0.1) is 0 Å². The van der Waals surface area contributed by atoms with Gasteiger partial charge in [-0.1, -0.05) is 61.2 Å². The molecule has 3 aromatic carbocycles. The number of H-pyrrole nitrogens is 1. The Morgan fingerprint density at radius 3 is 2.39 bits per heavy atom. The number of benzene rings is 3. The van der Waals surface area contributed by atoms with Crippen molar-refractivity contribution >= 4 is 10.9 Å². The largest absolute Gasteiger partial charge is 0.489 e. The van der Waals surface area contributed by atoms with Crippen molar-refractivity contribution in [1.82, 2.24) is 4.98 Å². The van der Waals surface area contributed by atoms with E-state index in [1.54, 1.807) is 0 Å². The van der Waals surface area contributed by atoms with Crippen LogP contribution in [0.4, 0.5) is 0 Å². The molecule has 0 saturated heterocycles. The van der Waals surface area contributed by atoms with Crippen molar-refractivity contribution in [2.24, 2.45) is 0 Å². The zero-order valence-corrected chi connectivity index (χ0v) is 15.7. The first-order valence-corrected chi connectivity index (χ1v) is 9.22. The molecule has 0 unspecified atom stereocenters. The predicted molar refractivity (Wildman–Crippen MR) is 116 cm³/mol. The number of aromatic amines is 1. The topological polar surface area (TPSA) is 42.1 Å². The average molecular weight is 367 g/mol. The van der Waals surface area contributed by atoms with Crippen LogP contribution in [0.2, 0.25) is 0 Å². The highest BCUT2D eigenvalue weighted by molar-refractivity contribution is 5.92. The van der Waals surface area contributed by atoms with Crippen molar-refractivity contribution in [1.29, 1.82) is 0 Å². The maximum absolute atomic E-state index is 13.4. The van der Waals surface area contributed by atoms with E-state index in [-0.39, 0.29) is 5.43 Å². The number of hydrogen-bond donors (Lipinski definition) is 1. The quantitative estimate of drug-likeness (QED) is 0.452. The van der Waals surface area contributed by atoms with Gasteiger partial charge in [-0.15, -0.1) is 0 Å². The van der Waals surface area contributed by atoms with Gasteiger partial charge in [0.1, 0.15) is 12.4 Å². The Balaban J connectivity index is 2.02. The molecule has 28 heavy (non-hydrogen) atoms. The van der Waals surface area contributed by atoms with Gasteiger partial charge in [-0.2, -0.15) is 0 Å². The third-order valence-electron chi connectivity index (χ3n) is 4.60. The van der Waals surface area contributed by atoms with Gasteiger partial charge in [0.25, 0.3) is 0 Å². The predicted octanol–water partition coefficient (Wildman–Crippen LogP) is 5.82. The molecule has 4 rings (SSSR count). The highest BCUT2D eigenvalue weighted by Gasteiger charge is 2.18. The molecular weight excluding hydrogens is 346 g/mol. The Labute approximate surface area is 163 Å². The molecule has 1 N–H and O–H groups in total. The minimum atomic E-state index is 0.00487. The van der Waals surface area contributed by atoms with Gasteiger partial charge in [0.2, 0.25) is 0 Å². The number of para-hydroxylation sites is 2. The molecular formula is C25H21NO2. The van der Waals surface area contributed by atoms with Crippen molar-refractivity contribution in [3.8, 4) is 28.1 Å². The summed E-state index contributed by atoms with van der Waals surface area (Å²) in [5.41, 5.74) is 4.87. The zero-order chi connectivity index (χ0) is 19.5. The SMILES string of the molecule is C=C(C)COc1ccccc1-c1[nH]c2ccccc2c(=O)c1-c1ccccc1. The van der Waals surface area contributed by atoms with Crippen LogP contribution in [0.1, 0.15) is 6.92 Å². The number of nitrogens with one attached hydrogen (secondary N) is 1. The minimum Gasteiger partial charge on any atom is -0.489 e. The second-order valence-corrected chi connectivity index (χ2v) is 6.86. The van der Waals surface area contributed by atoms with E-state index in [4.69, 9.17) is 4.74 Å². The maximum atomic E-state index is 13.4. The molecule has 0 saturated carbocycles. The minimum absolute atomic E-state index is 0.00487. The van der Waals surface area contributed by atoms with Gasteiger partial charge in [-0.25, -0.2) is 0 Å². The van der Waals surface area contributed by atoms with E-state index in [9.17, 15) is 4.79 Å².